The normalized spacial score (nSPS) is 20.9. The lowest BCUT2D eigenvalue weighted by molar-refractivity contribution is -0.297. The highest BCUT2D eigenvalue weighted by molar-refractivity contribution is 5.75. The average Bonchev–Trinajstić information content (AvgIpc) is 2.75. The van der Waals surface area contributed by atoms with Gasteiger partial charge in [-0.05, 0) is 19.8 Å². The Bertz CT molecular complexity index is 335. The van der Waals surface area contributed by atoms with Gasteiger partial charge in [0, 0.05) is 13.2 Å². The lowest BCUT2D eigenvalue weighted by Crippen LogP contribution is -2.67. The van der Waals surface area contributed by atoms with Gasteiger partial charge in [-0.2, -0.15) is 26.3 Å². The Kier molecular flexibility index (Phi) is 4.78. The summed E-state index contributed by atoms with van der Waals surface area (Å²) in [5, 5.41) is 2.89. The number of halogens is 6. The van der Waals surface area contributed by atoms with Crippen LogP contribution in [-0.4, -0.2) is 43.2 Å². The summed E-state index contributed by atoms with van der Waals surface area (Å²) < 4.78 is 80.2. The maximum atomic E-state index is 12.5. The van der Waals surface area contributed by atoms with Crippen molar-refractivity contribution in [2.75, 3.05) is 13.2 Å². The van der Waals surface area contributed by atoms with Gasteiger partial charge >= 0.3 is 18.4 Å². The van der Waals surface area contributed by atoms with Crippen molar-refractivity contribution >= 4 is 6.03 Å². The minimum absolute atomic E-state index is 0.126. The van der Waals surface area contributed by atoms with Crippen LogP contribution in [0.1, 0.15) is 19.8 Å². The van der Waals surface area contributed by atoms with E-state index < -0.39 is 23.9 Å². The first-order valence-corrected chi connectivity index (χ1v) is 5.78. The molecule has 0 aromatic carbocycles. The van der Waals surface area contributed by atoms with E-state index >= 15 is 0 Å². The van der Waals surface area contributed by atoms with Crippen LogP contribution in [0.15, 0.2) is 0 Å². The topological polar surface area (TPSA) is 50.4 Å². The minimum Gasteiger partial charge on any atom is -0.376 e. The van der Waals surface area contributed by atoms with Crippen LogP contribution in [0.25, 0.3) is 0 Å². The number of urea groups is 1. The first kappa shape index (κ1) is 16.9. The first-order valence-electron chi connectivity index (χ1n) is 5.78. The van der Waals surface area contributed by atoms with E-state index in [1.54, 1.807) is 0 Å². The van der Waals surface area contributed by atoms with Gasteiger partial charge in [0.05, 0.1) is 6.10 Å². The van der Waals surface area contributed by atoms with Gasteiger partial charge < -0.3 is 15.4 Å². The Labute approximate surface area is 110 Å². The molecule has 118 valence electrons. The third kappa shape index (κ3) is 3.68. The molecule has 1 aliphatic rings. The van der Waals surface area contributed by atoms with Crippen LogP contribution in [0, 0.1) is 0 Å². The number of rotatable bonds is 3. The van der Waals surface area contributed by atoms with Crippen molar-refractivity contribution in [2.24, 2.45) is 0 Å². The van der Waals surface area contributed by atoms with Crippen molar-refractivity contribution in [1.82, 2.24) is 10.6 Å². The summed E-state index contributed by atoms with van der Waals surface area (Å²) in [6.07, 6.45) is -10.4. The second-order valence-electron chi connectivity index (χ2n) is 4.59. The van der Waals surface area contributed by atoms with Crippen molar-refractivity contribution in [3.05, 3.63) is 0 Å². The van der Waals surface area contributed by atoms with E-state index in [1.807, 2.05) is 5.32 Å². The summed E-state index contributed by atoms with van der Waals surface area (Å²) in [5.74, 6) is 0. The smallest absolute Gasteiger partial charge is 0.376 e. The molecule has 1 aliphatic heterocycles. The van der Waals surface area contributed by atoms with Gasteiger partial charge in [-0.15, -0.1) is 0 Å². The molecule has 2 N–H and O–H groups in total. The second kappa shape index (κ2) is 5.66. The van der Waals surface area contributed by atoms with Crippen molar-refractivity contribution in [3.63, 3.8) is 0 Å². The molecule has 0 radical (unpaired) electrons. The molecule has 20 heavy (non-hydrogen) atoms. The van der Waals surface area contributed by atoms with Crippen LogP contribution in [0.2, 0.25) is 0 Å². The monoisotopic (exact) mass is 308 g/mol. The number of ether oxygens (including phenoxy) is 1. The van der Waals surface area contributed by atoms with E-state index in [-0.39, 0.29) is 19.6 Å². The predicted molar refractivity (Wildman–Crippen MR) is 56.0 cm³/mol. The van der Waals surface area contributed by atoms with Crippen LogP contribution in [-0.2, 0) is 4.74 Å². The molecule has 10 heteroatoms. The number of amides is 2. The molecule has 0 unspecified atom stereocenters. The Balaban J connectivity index is 2.63. The third-order valence-electron chi connectivity index (χ3n) is 3.01. The molecule has 0 spiro atoms. The van der Waals surface area contributed by atoms with E-state index in [9.17, 15) is 31.1 Å². The van der Waals surface area contributed by atoms with Crippen LogP contribution >= 0.6 is 0 Å². The van der Waals surface area contributed by atoms with Gasteiger partial charge in [0.15, 0.2) is 0 Å². The molecule has 0 aliphatic carbocycles. The van der Waals surface area contributed by atoms with Crippen LogP contribution in [0.4, 0.5) is 31.1 Å². The molecular formula is C10H14F6N2O2. The molecule has 0 bridgehead atoms. The first-order chi connectivity index (χ1) is 8.97. The van der Waals surface area contributed by atoms with Crippen molar-refractivity contribution in [2.45, 2.75) is 43.8 Å². The standard InChI is InChI=1S/C10H14F6N2O2/c1-8(9(11,12)13,10(14,15)16)18-7(19)17-5-6-3-2-4-20-6/h6H,2-5H2,1H3,(H2,17,18,19)/t6-/m1/s1. The zero-order chi connectivity index (χ0) is 15.6. The fourth-order valence-corrected chi connectivity index (χ4v) is 1.59. The molecule has 2 amide bonds. The molecule has 1 heterocycles. The van der Waals surface area contributed by atoms with Crippen molar-refractivity contribution in [1.29, 1.82) is 0 Å². The predicted octanol–water partition coefficient (Wildman–Crippen LogP) is 2.35. The Hall–Kier alpha value is -1.19. The number of carbonyl (C=O) groups excluding carboxylic acids is 1. The summed E-state index contributed by atoms with van der Waals surface area (Å²) in [7, 11) is 0. The van der Waals surface area contributed by atoms with Gasteiger partial charge in [-0.1, -0.05) is 0 Å². The average molecular weight is 308 g/mol. The Morgan fingerprint density at radius 3 is 2.15 bits per heavy atom. The van der Waals surface area contributed by atoms with E-state index in [1.165, 1.54) is 0 Å². The van der Waals surface area contributed by atoms with Gasteiger partial charge in [-0.25, -0.2) is 4.79 Å². The fourth-order valence-electron chi connectivity index (χ4n) is 1.59. The Morgan fingerprint density at radius 1 is 1.20 bits per heavy atom. The molecule has 1 fully saturated rings. The lowest BCUT2D eigenvalue weighted by atomic mass is 10.0. The van der Waals surface area contributed by atoms with Gasteiger partial charge in [0.2, 0.25) is 5.54 Å². The fraction of sp³-hybridized carbons (Fsp3) is 0.900. The highest BCUT2D eigenvalue weighted by Crippen LogP contribution is 2.42. The van der Waals surface area contributed by atoms with E-state index in [0.717, 1.165) is 11.7 Å². The van der Waals surface area contributed by atoms with Crippen LogP contribution in [0.5, 0.6) is 0 Å². The molecule has 1 saturated heterocycles. The molecule has 0 aromatic heterocycles. The largest absolute Gasteiger partial charge is 0.420 e. The number of hydrogen-bond acceptors (Lipinski definition) is 2. The van der Waals surface area contributed by atoms with E-state index in [4.69, 9.17) is 4.74 Å². The number of carbonyl (C=O) groups is 1. The van der Waals surface area contributed by atoms with Gasteiger partial charge in [0.25, 0.3) is 0 Å². The molecular weight excluding hydrogens is 294 g/mol. The quantitative estimate of drug-likeness (QED) is 0.786. The maximum Gasteiger partial charge on any atom is 0.420 e. The highest BCUT2D eigenvalue weighted by atomic mass is 19.4. The maximum absolute atomic E-state index is 12.5. The zero-order valence-electron chi connectivity index (χ0n) is 10.5. The van der Waals surface area contributed by atoms with Crippen LogP contribution < -0.4 is 10.6 Å². The van der Waals surface area contributed by atoms with Crippen molar-refractivity contribution < 1.29 is 35.9 Å². The molecule has 1 atom stereocenters. The number of hydrogen-bond donors (Lipinski definition) is 2. The highest BCUT2D eigenvalue weighted by Gasteiger charge is 2.68. The second-order valence-corrected chi connectivity index (χ2v) is 4.59. The number of nitrogens with one attached hydrogen (secondary N) is 2. The lowest BCUT2D eigenvalue weighted by Gasteiger charge is -2.34. The zero-order valence-corrected chi connectivity index (χ0v) is 10.5. The molecule has 0 saturated carbocycles. The van der Waals surface area contributed by atoms with Crippen LogP contribution in [0.3, 0.4) is 0 Å². The summed E-state index contributed by atoms with van der Waals surface area (Å²) in [6.45, 7) is 0.188. The van der Waals surface area contributed by atoms with Crippen molar-refractivity contribution in [3.8, 4) is 0 Å². The SMILES string of the molecule is CC(NC(=O)NC[C@H]1CCCO1)(C(F)(F)F)C(F)(F)F. The van der Waals surface area contributed by atoms with Gasteiger partial charge in [-0.3, -0.25) is 0 Å². The summed E-state index contributed by atoms with van der Waals surface area (Å²) in [4.78, 5) is 11.2. The molecule has 1 rings (SSSR count). The minimum atomic E-state index is -5.66. The number of alkyl halides is 6. The summed E-state index contributed by atoms with van der Waals surface area (Å²) >= 11 is 0. The van der Waals surface area contributed by atoms with E-state index in [2.05, 4.69) is 0 Å². The summed E-state index contributed by atoms with van der Waals surface area (Å²) in [5.41, 5.74) is -4.30. The van der Waals surface area contributed by atoms with Gasteiger partial charge in [0.1, 0.15) is 0 Å². The Morgan fingerprint density at radius 2 is 1.75 bits per heavy atom. The summed E-state index contributed by atoms with van der Waals surface area (Å²) in [6, 6.07) is -1.54. The molecule has 4 nitrogen and oxygen atoms in total. The molecule has 0 aromatic rings. The third-order valence-corrected chi connectivity index (χ3v) is 3.01. The van der Waals surface area contributed by atoms with E-state index in [0.29, 0.717) is 13.0 Å².